The molecule has 3 nitrogen and oxygen atoms in total. The minimum atomic E-state index is -0.0132. The summed E-state index contributed by atoms with van der Waals surface area (Å²) >= 11 is 0. The zero-order valence-corrected chi connectivity index (χ0v) is 9.95. The molecule has 0 amide bonds. The maximum absolute atomic E-state index is 12.2. The van der Waals surface area contributed by atoms with E-state index in [2.05, 4.69) is 11.1 Å². The molecule has 0 radical (unpaired) electrons. The molecule has 0 saturated carbocycles. The van der Waals surface area contributed by atoms with E-state index in [4.69, 9.17) is 5.26 Å². The standard InChI is InChI=1S/C14H14N2O/c1-3-9(2)14(17)11-8-16-12-6-4-5-10(7-15)13(11)12/h4-6,8-9,16H,3H2,1-2H3. The second kappa shape index (κ2) is 4.42. The molecular weight excluding hydrogens is 212 g/mol. The smallest absolute Gasteiger partial charge is 0.167 e. The SMILES string of the molecule is CCC(C)C(=O)c1c[nH]c2cccc(C#N)c12. The van der Waals surface area contributed by atoms with Crippen LogP contribution in [0.3, 0.4) is 0 Å². The highest BCUT2D eigenvalue weighted by molar-refractivity contribution is 6.10. The number of nitriles is 1. The van der Waals surface area contributed by atoms with E-state index in [-0.39, 0.29) is 11.7 Å². The zero-order valence-electron chi connectivity index (χ0n) is 9.95. The number of nitrogens with one attached hydrogen (secondary N) is 1. The topological polar surface area (TPSA) is 56.6 Å². The van der Waals surface area contributed by atoms with E-state index >= 15 is 0 Å². The molecule has 86 valence electrons. The summed E-state index contributed by atoms with van der Waals surface area (Å²) in [5.74, 6) is 0.0854. The predicted octanol–water partition coefficient (Wildman–Crippen LogP) is 3.27. The summed E-state index contributed by atoms with van der Waals surface area (Å²) in [6.07, 6.45) is 2.51. The van der Waals surface area contributed by atoms with Gasteiger partial charge in [-0.2, -0.15) is 5.26 Å². The fraction of sp³-hybridized carbons (Fsp3) is 0.286. The van der Waals surface area contributed by atoms with Crippen LogP contribution in [0.25, 0.3) is 10.9 Å². The molecule has 17 heavy (non-hydrogen) atoms. The largest absolute Gasteiger partial charge is 0.360 e. The van der Waals surface area contributed by atoms with Gasteiger partial charge in [-0.3, -0.25) is 4.79 Å². The molecule has 0 spiro atoms. The number of fused-ring (bicyclic) bond motifs is 1. The van der Waals surface area contributed by atoms with Crippen LogP contribution < -0.4 is 0 Å². The predicted molar refractivity (Wildman–Crippen MR) is 66.8 cm³/mol. The molecule has 0 fully saturated rings. The Labute approximate surface area is 100 Å². The van der Waals surface area contributed by atoms with Crippen LogP contribution in [0.1, 0.15) is 36.2 Å². The molecule has 0 saturated heterocycles. The summed E-state index contributed by atoms with van der Waals surface area (Å²) in [6, 6.07) is 7.57. The van der Waals surface area contributed by atoms with Gasteiger partial charge < -0.3 is 4.98 Å². The number of rotatable bonds is 3. The molecule has 1 aromatic carbocycles. The lowest BCUT2D eigenvalue weighted by Crippen LogP contribution is -2.09. The van der Waals surface area contributed by atoms with Gasteiger partial charge in [0.15, 0.2) is 5.78 Å². The monoisotopic (exact) mass is 226 g/mol. The lowest BCUT2D eigenvalue weighted by Gasteiger charge is -2.06. The van der Waals surface area contributed by atoms with E-state index in [0.717, 1.165) is 17.3 Å². The summed E-state index contributed by atoms with van der Waals surface area (Å²) in [6.45, 7) is 3.90. The summed E-state index contributed by atoms with van der Waals surface area (Å²) in [5, 5.41) is 9.83. The Hall–Kier alpha value is -2.08. The third kappa shape index (κ3) is 1.83. The number of carbonyl (C=O) groups is 1. The zero-order chi connectivity index (χ0) is 12.4. The van der Waals surface area contributed by atoms with Crippen LogP contribution >= 0.6 is 0 Å². The van der Waals surface area contributed by atoms with Crippen molar-refractivity contribution in [2.45, 2.75) is 20.3 Å². The van der Waals surface area contributed by atoms with Crippen LogP contribution in [0.15, 0.2) is 24.4 Å². The second-order valence-corrected chi connectivity index (χ2v) is 4.22. The highest BCUT2D eigenvalue weighted by atomic mass is 16.1. The van der Waals surface area contributed by atoms with Crippen molar-refractivity contribution in [3.63, 3.8) is 0 Å². The summed E-state index contributed by atoms with van der Waals surface area (Å²) in [5.41, 5.74) is 2.03. The minimum Gasteiger partial charge on any atom is -0.360 e. The Kier molecular flexibility index (Phi) is 2.97. The first kappa shape index (κ1) is 11.4. The van der Waals surface area contributed by atoms with E-state index < -0.39 is 0 Å². The van der Waals surface area contributed by atoms with Crippen molar-refractivity contribution in [1.29, 1.82) is 5.26 Å². The average molecular weight is 226 g/mol. The lowest BCUT2D eigenvalue weighted by molar-refractivity contribution is 0.0929. The molecular formula is C14H14N2O. The number of Topliss-reactive ketones (excluding diaryl/α,β-unsaturated/α-hetero) is 1. The van der Waals surface area contributed by atoms with Crippen LogP contribution in [-0.4, -0.2) is 10.8 Å². The first-order chi connectivity index (χ1) is 8.19. The van der Waals surface area contributed by atoms with Crippen molar-refractivity contribution in [3.05, 3.63) is 35.5 Å². The third-order valence-corrected chi connectivity index (χ3v) is 3.15. The lowest BCUT2D eigenvalue weighted by atomic mass is 9.95. The van der Waals surface area contributed by atoms with Crippen LogP contribution in [0.5, 0.6) is 0 Å². The quantitative estimate of drug-likeness (QED) is 0.816. The van der Waals surface area contributed by atoms with Crippen molar-refractivity contribution in [2.24, 2.45) is 5.92 Å². The number of ketones is 1. The van der Waals surface area contributed by atoms with Crippen molar-refractivity contribution >= 4 is 16.7 Å². The highest BCUT2D eigenvalue weighted by Gasteiger charge is 2.18. The van der Waals surface area contributed by atoms with E-state index in [9.17, 15) is 4.79 Å². The van der Waals surface area contributed by atoms with E-state index in [1.54, 1.807) is 12.3 Å². The third-order valence-electron chi connectivity index (χ3n) is 3.15. The molecule has 0 bridgehead atoms. The van der Waals surface area contributed by atoms with Gasteiger partial charge in [0.2, 0.25) is 0 Å². The van der Waals surface area contributed by atoms with Gasteiger partial charge in [0.25, 0.3) is 0 Å². The number of benzene rings is 1. The van der Waals surface area contributed by atoms with Gasteiger partial charge in [-0.15, -0.1) is 0 Å². The number of H-pyrrole nitrogens is 1. The van der Waals surface area contributed by atoms with Gasteiger partial charge in [0.05, 0.1) is 11.6 Å². The van der Waals surface area contributed by atoms with Crippen molar-refractivity contribution in [2.75, 3.05) is 0 Å². The van der Waals surface area contributed by atoms with Crippen LogP contribution in [0.4, 0.5) is 0 Å². The fourth-order valence-corrected chi connectivity index (χ4v) is 1.92. The van der Waals surface area contributed by atoms with E-state index in [1.807, 2.05) is 26.0 Å². The molecule has 0 aliphatic carbocycles. The minimum absolute atomic E-state index is 0.0132. The number of nitrogens with zero attached hydrogens (tertiary/aromatic N) is 1. The normalized spacial score (nSPS) is 12.3. The molecule has 0 aliphatic rings. The second-order valence-electron chi connectivity index (χ2n) is 4.22. The molecule has 2 rings (SSSR count). The number of hydrogen-bond donors (Lipinski definition) is 1. The first-order valence-corrected chi connectivity index (χ1v) is 5.73. The van der Waals surface area contributed by atoms with Crippen molar-refractivity contribution < 1.29 is 4.79 Å². The Morgan fingerprint density at radius 3 is 2.94 bits per heavy atom. The number of aromatic nitrogens is 1. The molecule has 1 unspecified atom stereocenters. The van der Waals surface area contributed by atoms with Crippen LogP contribution in [0, 0.1) is 17.2 Å². The first-order valence-electron chi connectivity index (χ1n) is 5.73. The van der Waals surface area contributed by atoms with Gasteiger partial charge >= 0.3 is 0 Å². The average Bonchev–Trinajstić information content (AvgIpc) is 2.80. The highest BCUT2D eigenvalue weighted by Crippen LogP contribution is 2.25. The summed E-state index contributed by atoms with van der Waals surface area (Å²) in [4.78, 5) is 15.2. The Balaban J connectivity index is 2.64. The van der Waals surface area contributed by atoms with E-state index in [1.165, 1.54) is 0 Å². The Morgan fingerprint density at radius 1 is 1.53 bits per heavy atom. The van der Waals surface area contributed by atoms with E-state index in [0.29, 0.717) is 11.1 Å². The molecule has 2 aromatic rings. The van der Waals surface area contributed by atoms with Crippen molar-refractivity contribution in [1.82, 2.24) is 4.98 Å². The van der Waals surface area contributed by atoms with Crippen LogP contribution in [-0.2, 0) is 0 Å². The van der Waals surface area contributed by atoms with Gasteiger partial charge in [0, 0.05) is 28.6 Å². The number of aromatic amines is 1. The number of carbonyl (C=O) groups excluding carboxylic acids is 1. The molecule has 3 heteroatoms. The maximum atomic E-state index is 12.2. The van der Waals surface area contributed by atoms with Crippen molar-refractivity contribution in [3.8, 4) is 6.07 Å². The summed E-state index contributed by atoms with van der Waals surface area (Å²) < 4.78 is 0. The van der Waals surface area contributed by atoms with Gasteiger partial charge in [-0.1, -0.05) is 19.9 Å². The van der Waals surface area contributed by atoms with Gasteiger partial charge in [-0.25, -0.2) is 0 Å². The molecule has 1 N–H and O–H groups in total. The fourth-order valence-electron chi connectivity index (χ4n) is 1.92. The maximum Gasteiger partial charge on any atom is 0.167 e. The molecule has 1 aromatic heterocycles. The molecule has 0 aliphatic heterocycles. The number of hydrogen-bond acceptors (Lipinski definition) is 2. The Morgan fingerprint density at radius 2 is 2.29 bits per heavy atom. The molecule has 1 heterocycles. The van der Waals surface area contributed by atoms with Crippen LogP contribution in [0.2, 0.25) is 0 Å². The molecule has 1 atom stereocenters. The Bertz CT molecular complexity index is 604. The van der Waals surface area contributed by atoms with Gasteiger partial charge in [-0.05, 0) is 18.6 Å². The van der Waals surface area contributed by atoms with Gasteiger partial charge in [0.1, 0.15) is 0 Å². The summed E-state index contributed by atoms with van der Waals surface area (Å²) in [7, 11) is 0.